The molecule has 1 nitrogen and oxygen atoms in total. The van der Waals surface area contributed by atoms with Gasteiger partial charge in [0, 0.05) is 6.08 Å². The number of unbranched alkanes of at least 4 members (excludes halogenated alkanes) is 1. The second-order valence-corrected chi connectivity index (χ2v) is 1.71. The molecule has 0 unspecified atom stereocenters. The molecule has 0 bridgehead atoms. The van der Waals surface area contributed by atoms with Crippen molar-refractivity contribution in [3.8, 4) is 6.07 Å². The smallest absolute Gasteiger partial charge is 0.0912 e. The minimum Gasteiger partial charge on any atom is -0.193 e. The van der Waals surface area contributed by atoms with Gasteiger partial charge < -0.3 is 0 Å². The third kappa shape index (κ3) is 6.97. The molecule has 0 aliphatic carbocycles. The first-order valence-electron chi connectivity index (χ1n) is 3.13. The van der Waals surface area contributed by atoms with E-state index in [1.807, 2.05) is 18.2 Å². The second-order valence-electron chi connectivity index (χ2n) is 1.71. The lowest BCUT2D eigenvalue weighted by Gasteiger charge is -1.77. The molecule has 0 aliphatic heterocycles. The van der Waals surface area contributed by atoms with Gasteiger partial charge in [-0.3, -0.25) is 0 Å². The predicted octanol–water partition coefficient (Wildman–Crippen LogP) is 2.42. The quantitative estimate of drug-likeness (QED) is 0.415. The van der Waals surface area contributed by atoms with Crippen molar-refractivity contribution in [2.75, 3.05) is 0 Å². The molecule has 48 valence electrons. The largest absolute Gasteiger partial charge is 0.193 e. The van der Waals surface area contributed by atoms with Gasteiger partial charge in [-0.15, -0.1) is 0 Å². The molecule has 0 aromatic carbocycles. The molecule has 0 saturated carbocycles. The maximum absolute atomic E-state index is 8.05. The number of nitrogens with zero attached hydrogens (tertiary/aromatic N) is 1. The van der Waals surface area contributed by atoms with Gasteiger partial charge in [0.15, 0.2) is 0 Å². The molecule has 0 fully saturated rings. The van der Waals surface area contributed by atoms with Crippen LogP contribution in [0, 0.1) is 11.3 Å². The number of rotatable bonds is 3. The third-order valence-electron chi connectivity index (χ3n) is 0.873. The first-order valence-corrected chi connectivity index (χ1v) is 3.13. The first-order chi connectivity index (χ1) is 4.41. The molecule has 0 heterocycles. The van der Waals surface area contributed by atoms with Gasteiger partial charge in [-0.05, 0) is 6.42 Å². The minimum absolute atomic E-state index is 1.09. The van der Waals surface area contributed by atoms with E-state index in [9.17, 15) is 0 Å². The summed E-state index contributed by atoms with van der Waals surface area (Å²) in [5, 5.41) is 8.05. The Hall–Kier alpha value is -1.03. The van der Waals surface area contributed by atoms with Crippen molar-refractivity contribution in [3.05, 3.63) is 24.3 Å². The van der Waals surface area contributed by atoms with Gasteiger partial charge in [0.25, 0.3) is 0 Å². The van der Waals surface area contributed by atoms with Gasteiger partial charge in [0.2, 0.25) is 0 Å². The zero-order valence-electron chi connectivity index (χ0n) is 5.67. The van der Waals surface area contributed by atoms with E-state index in [2.05, 4.69) is 6.92 Å². The lowest BCUT2D eigenvalue weighted by atomic mass is 10.3. The molecular formula is C8H11N. The molecule has 0 aliphatic rings. The summed E-state index contributed by atoms with van der Waals surface area (Å²) in [4.78, 5) is 0. The first kappa shape index (κ1) is 7.97. The van der Waals surface area contributed by atoms with Crippen LogP contribution in [0.1, 0.15) is 19.8 Å². The zero-order valence-corrected chi connectivity index (χ0v) is 5.67. The summed E-state index contributed by atoms with van der Waals surface area (Å²) in [5.74, 6) is 0. The van der Waals surface area contributed by atoms with E-state index >= 15 is 0 Å². The Labute approximate surface area is 56.3 Å². The zero-order chi connectivity index (χ0) is 6.95. The van der Waals surface area contributed by atoms with E-state index < -0.39 is 0 Å². The number of nitriles is 1. The third-order valence-corrected chi connectivity index (χ3v) is 0.873. The van der Waals surface area contributed by atoms with Crippen LogP contribution < -0.4 is 0 Å². The molecule has 0 atom stereocenters. The summed E-state index contributed by atoms with van der Waals surface area (Å²) < 4.78 is 0. The van der Waals surface area contributed by atoms with Gasteiger partial charge in [-0.25, -0.2) is 0 Å². The molecule has 1 heteroatoms. The summed E-state index contributed by atoms with van der Waals surface area (Å²) in [6.45, 7) is 2.12. The van der Waals surface area contributed by atoms with Gasteiger partial charge in [0.1, 0.15) is 0 Å². The van der Waals surface area contributed by atoms with Crippen LogP contribution in [0.3, 0.4) is 0 Å². The lowest BCUT2D eigenvalue weighted by Crippen LogP contribution is -1.58. The number of hydrogen-bond donors (Lipinski definition) is 0. The van der Waals surface area contributed by atoms with Crippen LogP contribution in [-0.4, -0.2) is 0 Å². The minimum atomic E-state index is 1.09. The Morgan fingerprint density at radius 3 is 2.78 bits per heavy atom. The van der Waals surface area contributed by atoms with Crippen molar-refractivity contribution in [2.45, 2.75) is 19.8 Å². The summed E-state index contributed by atoms with van der Waals surface area (Å²) in [6.07, 6.45) is 9.41. The molecule has 0 spiro atoms. The van der Waals surface area contributed by atoms with E-state index in [4.69, 9.17) is 5.26 Å². The van der Waals surface area contributed by atoms with Crippen LogP contribution in [0.4, 0.5) is 0 Å². The van der Waals surface area contributed by atoms with Gasteiger partial charge in [0.05, 0.1) is 6.07 Å². The second kappa shape index (κ2) is 6.97. The maximum atomic E-state index is 8.05. The molecule has 0 radical (unpaired) electrons. The van der Waals surface area contributed by atoms with Crippen LogP contribution >= 0.6 is 0 Å². The predicted molar refractivity (Wildman–Crippen MR) is 38.8 cm³/mol. The van der Waals surface area contributed by atoms with E-state index in [1.54, 1.807) is 6.08 Å². The van der Waals surface area contributed by atoms with Gasteiger partial charge in [-0.2, -0.15) is 5.26 Å². The number of allylic oxidation sites excluding steroid dienone is 4. The molecule has 0 N–H and O–H groups in total. The summed E-state index contributed by atoms with van der Waals surface area (Å²) in [6, 6.07) is 1.91. The Morgan fingerprint density at radius 1 is 1.44 bits per heavy atom. The monoisotopic (exact) mass is 121 g/mol. The molecule has 0 aromatic rings. The van der Waals surface area contributed by atoms with Crippen LogP contribution in [0.5, 0.6) is 0 Å². The fraction of sp³-hybridized carbons (Fsp3) is 0.375. The lowest BCUT2D eigenvalue weighted by molar-refractivity contribution is 0.959. The van der Waals surface area contributed by atoms with E-state index in [-0.39, 0.29) is 0 Å². The highest BCUT2D eigenvalue weighted by Crippen LogP contribution is 1.87. The van der Waals surface area contributed by atoms with Crippen LogP contribution in [-0.2, 0) is 0 Å². The van der Waals surface area contributed by atoms with Crippen molar-refractivity contribution in [2.24, 2.45) is 0 Å². The highest BCUT2D eigenvalue weighted by Gasteiger charge is 1.68. The fourth-order valence-corrected chi connectivity index (χ4v) is 0.440. The average molecular weight is 121 g/mol. The van der Waals surface area contributed by atoms with Crippen LogP contribution in [0.15, 0.2) is 24.3 Å². The Kier molecular flexibility index (Phi) is 6.17. The normalized spacial score (nSPS) is 10.7. The SMILES string of the molecule is CCC/C=C/C=C/C#N. The fourth-order valence-electron chi connectivity index (χ4n) is 0.440. The molecule has 0 aromatic heterocycles. The Balaban J connectivity index is 3.27. The van der Waals surface area contributed by atoms with Crippen LogP contribution in [0.2, 0.25) is 0 Å². The summed E-state index contributed by atoms with van der Waals surface area (Å²) >= 11 is 0. The Morgan fingerprint density at radius 2 is 2.22 bits per heavy atom. The van der Waals surface area contributed by atoms with Crippen molar-refractivity contribution in [1.82, 2.24) is 0 Å². The Bertz CT molecular complexity index is 137. The van der Waals surface area contributed by atoms with Crippen molar-refractivity contribution >= 4 is 0 Å². The summed E-state index contributed by atoms with van der Waals surface area (Å²) in [5.41, 5.74) is 0. The molecule has 0 amide bonds. The molecule has 0 saturated heterocycles. The van der Waals surface area contributed by atoms with Crippen molar-refractivity contribution in [1.29, 1.82) is 5.26 Å². The van der Waals surface area contributed by atoms with E-state index in [0.29, 0.717) is 0 Å². The average Bonchev–Trinajstić information content (AvgIpc) is 1.89. The van der Waals surface area contributed by atoms with Crippen molar-refractivity contribution < 1.29 is 0 Å². The molecule has 9 heavy (non-hydrogen) atoms. The van der Waals surface area contributed by atoms with Gasteiger partial charge in [-0.1, -0.05) is 31.6 Å². The molecule has 0 rings (SSSR count). The highest BCUT2D eigenvalue weighted by atomic mass is 14.2. The van der Waals surface area contributed by atoms with E-state index in [1.165, 1.54) is 6.08 Å². The highest BCUT2D eigenvalue weighted by molar-refractivity contribution is 5.11. The topological polar surface area (TPSA) is 23.8 Å². The standard InChI is InChI=1S/C8H11N/c1-2-3-4-5-6-7-8-9/h4-7H,2-3H2,1H3/b5-4+,7-6+. The number of hydrogen-bond acceptors (Lipinski definition) is 1. The van der Waals surface area contributed by atoms with E-state index in [0.717, 1.165) is 12.8 Å². The summed E-state index contributed by atoms with van der Waals surface area (Å²) in [7, 11) is 0. The van der Waals surface area contributed by atoms with Crippen molar-refractivity contribution in [3.63, 3.8) is 0 Å². The van der Waals surface area contributed by atoms with Gasteiger partial charge >= 0.3 is 0 Å². The maximum Gasteiger partial charge on any atom is 0.0912 e. The van der Waals surface area contributed by atoms with Crippen LogP contribution in [0.25, 0.3) is 0 Å². The molecular weight excluding hydrogens is 110 g/mol.